The molecule has 0 fully saturated rings. The van der Waals surface area contributed by atoms with Crippen LogP contribution in [0.25, 0.3) is 21.8 Å². The van der Waals surface area contributed by atoms with Crippen molar-refractivity contribution in [1.29, 1.82) is 0 Å². The molecule has 2 nitrogen and oxygen atoms in total. The minimum absolute atomic E-state index is 0.0654. The van der Waals surface area contributed by atoms with Gasteiger partial charge in [-0.1, -0.05) is 12.1 Å². The van der Waals surface area contributed by atoms with Gasteiger partial charge in [0.1, 0.15) is 5.82 Å². The standard InChI is InChI=1S/C13H8FNO/c14-8-5-6-10-12(7-8)15-11-4-2-1-3-9(11)13(10)16/h1-7H,(H,15,16). The van der Waals surface area contributed by atoms with Crippen molar-refractivity contribution in [3.05, 3.63) is 58.5 Å². The van der Waals surface area contributed by atoms with Crippen LogP contribution in [0.15, 0.2) is 47.3 Å². The molecule has 0 spiro atoms. The second-order valence-electron chi connectivity index (χ2n) is 3.69. The van der Waals surface area contributed by atoms with Crippen molar-refractivity contribution >= 4 is 21.8 Å². The minimum Gasteiger partial charge on any atom is -0.354 e. The number of rotatable bonds is 0. The highest BCUT2D eigenvalue weighted by molar-refractivity contribution is 5.92. The van der Waals surface area contributed by atoms with E-state index in [-0.39, 0.29) is 11.2 Å². The summed E-state index contributed by atoms with van der Waals surface area (Å²) in [5.74, 6) is -0.349. The molecule has 0 radical (unpaired) electrons. The molecule has 3 rings (SSSR count). The van der Waals surface area contributed by atoms with Crippen molar-refractivity contribution in [3.8, 4) is 0 Å². The van der Waals surface area contributed by atoms with Crippen LogP contribution in [0.4, 0.5) is 4.39 Å². The number of para-hydroxylation sites is 1. The summed E-state index contributed by atoms with van der Waals surface area (Å²) in [5.41, 5.74) is 1.19. The van der Waals surface area contributed by atoms with Gasteiger partial charge in [0.25, 0.3) is 0 Å². The van der Waals surface area contributed by atoms with E-state index in [2.05, 4.69) is 4.98 Å². The van der Waals surface area contributed by atoms with E-state index in [1.807, 2.05) is 12.1 Å². The average Bonchev–Trinajstić information content (AvgIpc) is 2.29. The van der Waals surface area contributed by atoms with Crippen LogP contribution in [-0.2, 0) is 0 Å². The molecule has 2 aromatic carbocycles. The normalized spacial score (nSPS) is 11.1. The van der Waals surface area contributed by atoms with Crippen LogP contribution < -0.4 is 5.43 Å². The lowest BCUT2D eigenvalue weighted by Gasteiger charge is -2.01. The Morgan fingerprint density at radius 1 is 0.938 bits per heavy atom. The second kappa shape index (κ2) is 3.17. The van der Waals surface area contributed by atoms with Crippen molar-refractivity contribution in [2.45, 2.75) is 0 Å². The molecule has 1 heterocycles. The highest BCUT2D eigenvalue weighted by atomic mass is 19.1. The van der Waals surface area contributed by atoms with Crippen LogP contribution in [0.3, 0.4) is 0 Å². The monoisotopic (exact) mass is 213 g/mol. The maximum Gasteiger partial charge on any atom is 0.197 e. The molecular formula is C13H8FNO. The maximum atomic E-state index is 13.0. The fourth-order valence-corrected chi connectivity index (χ4v) is 1.90. The van der Waals surface area contributed by atoms with E-state index in [4.69, 9.17) is 0 Å². The topological polar surface area (TPSA) is 32.9 Å². The van der Waals surface area contributed by atoms with Crippen molar-refractivity contribution in [2.75, 3.05) is 0 Å². The number of aromatic amines is 1. The highest BCUT2D eigenvalue weighted by Crippen LogP contribution is 2.15. The smallest absolute Gasteiger partial charge is 0.197 e. The Labute approximate surface area is 90.3 Å². The summed E-state index contributed by atoms with van der Waals surface area (Å²) in [4.78, 5) is 15.1. The minimum atomic E-state index is -0.349. The first-order chi connectivity index (χ1) is 7.75. The Morgan fingerprint density at radius 2 is 1.69 bits per heavy atom. The molecule has 0 aliphatic carbocycles. The predicted octanol–water partition coefficient (Wildman–Crippen LogP) is 2.82. The van der Waals surface area contributed by atoms with E-state index in [1.165, 1.54) is 18.2 Å². The zero-order valence-corrected chi connectivity index (χ0v) is 8.33. The third-order valence-corrected chi connectivity index (χ3v) is 2.67. The van der Waals surface area contributed by atoms with Gasteiger partial charge in [-0.25, -0.2) is 4.39 Å². The van der Waals surface area contributed by atoms with Crippen molar-refractivity contribution < 1.29 is 4.39 Å². The lowest BCUT2D eigenvalue weighted by atomic mass is 10.1. The number of pyridine rings is 1. The van der Waals surface area contributed by atoms with Gasteiger partial charge in [-0.05, 0) is 30.3 Å². The number of fused-ring (bicyclic) bond motifs is 2. The first kappa shape index (κ1) is 9.09. The van der Waals surface area contributed by atoms with Gasteiger partial charge in [-0.3, -0.25) is 4.79 Å². The fraction of sp³-hybridized carbons (Fsp3) is 0. The van der Waals surface area contributed by atoms with Gasteiger partial charge in [0.05, 0.1) is 5.52 Å². The molecule has 0 aliphatic rings. The van der Waals surface area contributed by atoms with Gasteiger partial charge in [0.2, 0.25) is 0 Å². The molecule has 0 aliphatic heterocycles. The molecule has 0 atom stereocenters. The Kier molecular flexibility index (Phi) is 1.80. The first-order valence-electron chi connectivity index (χ1n) is 4.96. The Hall–Kier alpha value is -2.16. The van der Waals surface area contributed by atoms with Crippen LogP contribution in [0.5, 0.6) is 0 Å². The highest BCUT2D eigenvalue weighted by Gasteiger charge is 2.04. The molecule has 0 saturated heterocycles. The van der Waals surface area contributed by atoms with Gasteiger partial charge in [-0.2, -0.15) is 0 Å². The summed E-state index contributed by atoms with van der Waals surface area (Å²) in [6, 6.07) is 11.4. The van der Waals surface area contributed by atoms with Gasteiger partial charge < -0.3 is 4.98 Å². The molecule has 3 heteroatoms. The van der Waals surface area contributed by atoms with Gasteiger partial charge >= 0.3 is 0 Å². The zero-order chi connectivity index (χ0) is 11.1. The number of aromatic nitrogens is 1. The number of hydrogen-bond donors (Lipinski definition) is 1. The SMILES string of the molecule is O=c1c2ccccc2[nH]c2cc(F)ccc12. The van der Waals surface area contributed by atoms with Gasteiger partial charge in [-0.15, -0.1) is 0 Å². The zero-order valence-electron chi connectivity index (χ0n) is 8.33. The van der Waals surface area contributed by atoms with Crippen LogP contribution in [0.1, 0.15) is 0 Å². The van der Waals surface area contributed by atoms with E-state index < -0.39 is 0 Å². The molecule has 3 aromatic rings. The molecule has 0 unspecified atom stereocenters. The van der Waals surface area contributed by atoms with E-state index in [0.717, 1.165) is 5.52 Å². The number of H-pyrrole nitrogens is 1. The molecule has 0 bridgehead atoms. The molecule has 1 aromatic heterocycles. The largest absolute Gasteiger partial charge is 0.354 e. The van der Waals surface area contributed by atoms with E-state index >= 15 is 0 Å². The lowest BCUT2D eigenvalue weighted by molar-refractivity contribution is 0.629. The summed E-state index contributed by atoms with van der Waals surface area (Å²) in [6.45, 7) is 0. The third-order valence-electron chi connectivity index (χ3n) is 2.67. The van der Waals surface area contributed by atoms with Gasteiger partial charge in [0, 0.05) is 16.3 Å². The quantitative estimate of drug-likeness (QED) is 0.572. The predicted molar refractivity (Wildman–Crippen MR) is 62.0 cm³/mol. The summed E-state index contributed by atoms with van der Waals surface area (Å²) < 4.78 is 13.0. The third kappa shape index (κ3) is 1.21. The van der Waals surface area contributed by atoms with E-state index in [0.29, 0.717) is 16.3 Å². The molecule has 0 amide bonds. The van der Waals surface area contributed by atoms with Crippen LogP contribution in [0, 0.1) is 5.82 Å². The first-order valence-corrected chi connectivity index (χ1v) is 4.96. The maximum absolute atomic E-state index is 13.0. The van der Waals surface area contributed by atoms with Gasteiger partial charge in [0.15, 0.2) is 5.43 Å². The van der Waals surface area contributed by atoms with Crippen LogP contribution in [-0.4, -0.2) is 4.98 Å². The summed E-state index contributed by atoms with van der Waals surface area (Å²) in [5, 5.41) is 1.14. The molecule has 0 saturated carbocycles. The lowest BCUT2D eigenvalue weighted by Crippen LogP contribution is -2.03. The number of nitrogens with one attached hydrogen (secondary N) is 1. The molecular weight excluding hydrogens is 205 g/mol. The van der Waals surface area contributed by atoms with Crippen LogP contribution >= 0.6 is 0 Å². The Bertz CT molecular complexity index is 746. The second-order valence-corrected chi connectivity index (χ2v) is 3.69. The Morgan fingerprint density at radius 3 is 2.56 bits per heavy atom. The van der Waals surface area contributed by atoms with Crippen molar-refractivity contribution in [2.24, 2.45) is 0 Å². The average molecular weight is 213 g/mol. The van der Waals surface area contributed by atoms with E-state index in [1.54, 1.807) is 12.1 Å². The molecule has 1 N–H and O–H groups in total. The van der Waals surface area contributed by atoms with Crippen LogP contribution in [0.2, 0.25) is 0 Å². The van der Waals surface area contributed by atoms with Crippen molar-refractivity contribution in [3.63, 3.8) is 0 Å². The number of halogens is 1. The number of hydrogen-bond acceptors (Lipinski definition) is 1. The van der Waals surface area contributed by atoms with E-state index in [9.17, 15) is 9.18 Å². The molecule has 78 valence electrons. The summed E-state index contributed by atoms with van der Waals surface area (Å²) >= 11 is 0. The van der Waals surface area contributed by atoms with Crippen molar-refractivity contribution in [1.82, 2.24) is 4.98 Å². The fourth-order valence-electron chi connectivity index (χ4n) is 1.90. The summed E-state index contributed by atoms with van der Waals surface area (Å²) in [7, 11) is 0. The summed E-state index contributed by atoms with van der Waals surface area (Å²) in [6.07, 6.45) is 0. The Balaban J connectivity index is 2.61. The number of benzene rings is 2. The molecule has 16 heavy (non-hydrogen) atoms.